The summed E-state index contributed by atoms with van der Waals surface area (Å²) in [6, 6.07) is 6.90. The summed E-state index contributed by atoms with van der Waals surface area (Å²) >= 11 is 1.53. The van der Waals surface area contributed by atoms with Crippen LogP contribution in [0.5, 0.6) is 5.75 Å². The number of nitrogens with one attached hydrogen (secondary N) is 1. The Morgan fingerprint density at radius 2 is 2.09 bits per heavy atom. The molecule has 1 aromatic carbocycles. The Hall–Kier alpha value is -1.92. The standard InChI is InChI=1S/C16H20N2O3S/c1-11(2)15(19)7-17-16(20)12-3-5-14(6-4-12)21-8-13-9-22-10-18-13/h3-6,9-11,15,19H,7-8H2,1-2H3,(H,17,20). The van der Waals surface area contributed by atoms with Gasteiger partial charge in [0.1, 0.15) is 12.4 Å². The molecule has 2 rings (SSSR count). The molecule has 2 aromatic rings. The van der Waals surface area contributed by atoms with Crippen LogP contribution in [0.3, 0.4) is 0 Å². The highest BCUT2D eigenvalue weighted by Crippen LogP contribution is 2.14. The number of aliphatic hydroxyl groups is 1. The molecule has 0 saturated heterocycles. The van der Waals surface area contributed by atoms with Gasteiger partial charge in [0.15, 0.2) is 0 Å². The van der Waals surface area contributed by atoms with Gasteiger partial charge < -0.3 is 15.2 Å². The molecule has 0 aliphatic heterocycles. The molecule has 0 bridgehead atoms. The Morgan fingerprint density at radius 3 is 2.68 bits per heavy atom. The monoisotopic (exact) mass is 320 g/mol. The van der Waals surface area contributed by atoms with Crippen LogP contribution in [0.1, 0.15) is 29.9 Å². The molecule has 0 radical (unpaired) electrons. The van der Waals surface area contributed by atoms with Crippen LogP contribution in [0.25, 0.3) is 0 Å². The summed E-state index contributed by atoms with van der Waals surface area (Å²) in [4.78, 5) is 16.1. The van der Waals surface area contributed by atoms with Crippen LogP contribution in [-0.4, -0.2) is 28.6 Å². The van der Waals surface area contributed by atoms with Crippen molar-refractivity contribution in [2.45, 2.75) is 26.6 Å². The van der Waals surface area contributed by atoms with Crippen LogP contribution >= 0.6 is 11.3 Å². The minimum atomic E-state index is -0.537. The van der Waals surface area contributed by atoms with E-state index in [4.69, 9.17) is 4.74 Å². The summed E-state index contributed by atoms with van der Waals surface area (Å²) < 4.78 is 5.59. The van der Waals surface area contributed by atoms with E-state index in [2.05, 4.69) is 10.3 Å². The van der Waals surface area contributed by atoms with Crippen molar-refractivity contribution in [1.82, 2.24) is 10.3 Å². The van der Waals surface area contributed by atoms with Gasteiger partial charge in [0.05, 0.1) is 17.3 Å². The quantitative estimate of drug-likeness (QED) is 0.822. The highest BCUT2D eigenvalue weighted by atomic mass is 32.1. The molecule has 118 valence electrons. The first-order valence-electron chi connectivity index (χ1n) is 7.12. The molecule has 0 spiro atoms. The molecule has 0 aliphatic carbocycles. The van der Waals surface area contributed by atoms with Crippen LogP contribution in [0.15, 0.2) is 35.2 Å². The van der Waals surface area contributed by atoms with Gasteiger partial charge in [0, 0.05) is 17.5 Å². The Kier molecular flexibility index (Phi) is 5.91. The van der Waals surface area contributed by atoms with Crippen molar-refractivity contribution in [1.29, 1.82) is 0 Å². The van der Waals surface area contributed by atoms with Crippen LogP contribution in [0, 0.1) is 5.92 Å². The van der Waals surface area contributed by atoms with Gasteiger partial charge >= 0.3 is 0 Å². The molecule has 0 fully saturated rings. The second-order valence-electron chi connectivity index (χ2n) is 5.31. The molecule has 1 amide bonds. The molecule has 0 saturated carbocycles. The number of hydrogen-bond acceptors (Lipinski definition) is 5. The number of thiazole rings is 1. The first-order chi connectivity index (χ1) is 10.6. The maximum Gasteiger partial charge on any atom is 0.251 e. The van der Waals surface area contributed by atoms with Crippen molar-refractivity contribution in [3.8, 4) is 5.75 Å². The van der Waals surface area contributed by atoms with Gasteiger partial charge in [-0.2, -0.15) is 0 Å². The van der Waals surface area contributed by atoms with E-state index >= 15 is 0 Å². The maximum atomic E-state index is 12.0. The fraction of sp³-hybridized carbons (Fsp3) is 0.375. The Bertz CT molecular complexity index is 582. The van der Waals surface area contributed by atoms with Crippen molar-refractivity contribution in [2.24, 2.45) is 5.92 Å². The van der Waals surface area contributed by atoms with Crippen molar-refractivity contribution in [3.63, 3.8) is 0 Å². The number of nitrogens with zero attached hydrogens (tertiary/aromatic N) is 1. The molecule has 1 aromatic heterocycles. The van der Waals surface area contributed by atoms with Crippen LogP contribution in [-0.2, 0) is 6.61 Å². The number of carbonyl (C=O) groups excluding carboxylic acids is 1. The van der Waals surface area contributed by atoms with Gasteiger partial charge in [-0.3, -0.25) is 4.79 Å². The first kappa shape index (κ1) is 16.5. The molecule has 5 nitrogen and oxygen atoms in total. The van der Waals surface area contributed by atoms with Gasteiger partial charge in [-0.1, -0.05) is 13.8 Å². The lowest BCUT2D eigenvalue weighted by Crippen LogP contribution is -2.34. The second-order valence-corrected chi connectivity index (χ2v) is 6.03. The Labute approximate surface area is 134 Å². The van der Waals surface area contributed by atoms with Gasteiger partial charge in [0.2, 0.25) is 0 Å². The highest BCUT2D eigenvalue weighted by molar-refractivity contribution is 7.07. The summed E-state index contributed by atoms with van der Waals surface area (Å²) in [7, 11) is 0. The van der Waals surface area contributed by atoms with Gasteiger partial charge in [-0.15, -0.1) is 11.3 Å². The lowest BCUT2D eigenvalue weighted by atomic mass is 10.1. The lowest BCUT2D eigenvalue weighted by molar-refractivity contribution is 0.0871. The normalized spacial score (nSPS) is 12.2. The predicted octanol–water partition coefficient (Wildman–Crippen LogP) is 2.47. The lowest BCUT2D eigenvalue weighted by Gasteiger charge is -2.15. The Morgan fingerprint density at radius 1 is 1.36 bits per heavy atom. The fourth-order valence-corrected chi connectivity index (χ4v) is 2.25. The fourth-order valence-electron chi connectivity index (χ4n) is 1.70. The van der Waals surface area contributed by atoms with E-state index in [1.807, 2.05) is 19.2 Å². The van der Waals surface area contributed by atoms with Crippen molar-refractivity contribution in [3.05, 3.63) is 46.4 Å². The molecule has 1 atom stereocenters. The Balaban J connectivity index is 1.84. The van der Waals surface area contributed by atoms with Crippen LogP contribution < -0.4 is 10.1 Å². The minimum Gasteiger partial charge on any atom is -0.487 e. The van der Waals surface area contributed by atoms with Crippen molar-refractivity contribution < 1.29 is 14.6 Å². The van der Waals surface area contributed by atoms with E-state index in [0.717, 1.165) is 5.69 Å². The molecular formula is C16H20N2O3S. The highest BCUT2D eigenvalue weighted by Gasteiger charge is 2.12. The number of ether oxygens (including phenoxy) is 1. The molecule has 6 heteroatoms. The SMILES string of the molecule is CC(C)C(O)CNC(=O)c1ccc(OCc2cscn2)cc1. The van der Waals surface area contributed by atoms with E-state index in [1.165, 1.54) is 11.3 Å². The van der Waals surface area contributed by atoms with Gasteiger partial charge in [0.25, 0.3) is 5.91 Å². The van der Waals surface area contributed by atoms with Gasteiger partial charge in [-0.05, 0) is 30.2 Å². The third-order valence-electron chi connectivity index (χ3n) is 3.23. The van der Waals surface area contributed by atoms with Crippen molar-refractivity contribution in [2.75, 3.05) is 6.54 Å². The maximum absolute atomic E-state index is 12.0. The van der Waals surface area contributed by atoms with E-state index in [9.17, 15) is 9.90 Å². The third-order valence-corrected chi connectivity index (χ3v) is 3.86. The number of carbonyl (C=O) groups is 1. The van der Waals surface area contributed by atoms with Crippen LogP contribution in [0.2, 0.25) is 0 Å². The summed E-state index contributed by atoms with van der Waals surface area (Å²) in [6.07, 6.45) is -0.537. The predicted molar refractivity (Wildman–Crippen MR) is 86.1 cm³/mol. The van der Waals surface area contributed by atoms with Crippen LogP contribution in [0.4, 0.5) is 0 Å². The van der Waals surface area contributed by atoms with E-state index in [-0.39, 0.29) is 18.4 Å². The third kappa shape index (κ3) is 4.82. The molecule has 1 heterocycles. The number of aliphatic hydroxyl groups excluding tert-OH is 1. The number of amides is 1. The largest absolute Gasteiger partial charge is 0.487 e. The summed E-state index contributed by atoms with van der Waals surface area (Å²) in [5, 5.41) is 14.3. The molecule has 0 aliphatic rings. The number of rotatable bonds is 7. The number of benzene rings is 1. The smallest absolute Gasteiger partial charge is 0.251 e. The average Bonchev–Trinajstić information content (AvgIpc) is 3.04. The molecule has 22 heavy (non-hydrogen) atoms. The van der Waals surface area contributed by atoms with E-state index in [1.54, 1.807) is 29.8 Å². The van der Waals surface area contributed by atoms with Gasteiger partial charge in [-0.25, -0.2) is 4.98 Å². The molecule has 1 unspecified atom stereocenters. The number of aromatic nitrogens is 1. The summed E-state index contributed by atoms with van der Waals surface area (Å²) in [6.45, 7) is 4.48. The first-order valence-corrected chi connectivity index (χ1v) is 8.06. The minimum absolute atomic E-state index is 0.113. The van der Waals surface area contributed by atoms with Crippen molar-refractivity contribution >= 4 is 17.2 Å². The zero-order valence-electron chi connectivity index (χ0n) is 12.7. The number of hydrogen-bond donors (Lipinski definition) is 2. The molecule has 2 N–H and O–H groups in total. The zero-order chi connectivity index (χ0) is 15.9. The summed E-state index contributed by atoms with van der Waals surface area (Å²) in [5.74, 6) is 0.597. The van der Waals surface area contributed by atoms with E-state index in [0.29, 0.717) is 17.9 Å². The summed E-state index contributed by atoms with van der Waals surface area (Å²) in [5.41, 5.74) is 3.18. The topological polar surface area (TPSA) is 71.5 Å². The van der Waals surface area contributed by atoms with E-state index < -0.39 is 6.10 Å². The zero-order valence-corrected chi connectivity index (χ0v) is 13.5. The average molecular weight is 320 g/mol. The molecular weight excluding hydrogens is 300 g/mol. The second kappa shape index (κ2) is 7.91.